The van der Waals surface area contributed by atoms with Crippen LogP contribution in [0.25, 0.3) is 0 Å². The van der Waals surface area contributed by atoms with Crippen molar-refractivity contribution in [1.82, 2.24) is 10.2 Å². The second-order valence-electron chi connectivity index (χ2n) is 11.6. The van der Waals surface area contributed by atoms with Crippen LogP contribution in [0.1, 0.15) is 42.5 Å². The van der Waals surface area contributed by atoms with Gasteiger partial charge < -0.3 is 15.0 Å². The third-order valence-electron chi connectivity index (χ3n) is 7.94. The van der Waals surface area contributed by atoms with Gasteiger partial charge in [0.1, 0.15) is 18.3 Å². The molecule has 2 atom stereocenters. The number of ether oxygens (including phenoxy) is 1. The summed E-state index contributed by atoms with van der Waals surface area (Å²) < 4.78 is 35.0. The van der Waals surface area contributed by atoms with Gasteiger partial charge in [-0.15, -0.1) is 0 Å². The van der Waals surface area contributed by atoms with Crippen molar-refractivity contribution < 1.29 is 22.7 Å². The first-order valence-corrected chi connectivity index (χ1v) is 16.9. The fraction of sp³-hybridized carbons (Fsp3) is 0.297. The van der Waals surface area contributed by atoms with Crippen molar-refractivity contribution in [3.8, 4) is 5.75 Å². The van der Waals surface area contributed by atoms with Crippen molar-refractivity contribution in [3.63, 3.8) is 0 Å². The van der Waals surface area contributed by atoms with Gasteiger partial charge in [-0.25, -0.2) is 8.42 Å². The van der Waals surface area contributed by atoms with Gasteiger partial charge in [0.2, 0.25) is 11.8 Å². The quantitative estimate of drug-likeness (QED) is 0.181. The van der Waals surface area contributed by atoms with Crippen LogP contribution in [-0.4, -0.2) is 50.9 Å². The summed E-state index contributed by atoms with van der Waals surface area (Å²) in [5.74, 6) is -0.213. The van der Waals surface area contributed by atoms with Gasteiger partial charge in [0.05, 0.1) is 17.7 Å². The van der Waals surface area contributed by atoms with Crippen molar-refractivity contribution in [1.29, 1.82) is 0 Å². The largest absolute Gasteiger partial charge is 0.497 e. The van der Waals surface area contributed by atoms with E-state index in [1.54, 1.807) is 55.6 Å². The molecule has 0 aliphatic heterocycles. The van der Waals surface area contributed by atoms with Crippen LogP contribution in [0, 0.1) is 13.8 Å². The Hall–Kier alpha value is -4.63. The highest BCUT2D eigenvalue weighted by Gasteiger charge is 2.35. The number of anilines is 1. The molecule has 0 aliphatic rings. The summed E-state index contributed by atoms with van der Waals surface area (Å²) in [5.41, 5.74) is 3.73. The van der Waals surface area contributed by atoms with Crippen molar-refractivity contribution in [2.24, 2.45) is 0 Å². The molecule has 0 fully saturated rings. The van der Waals surface area contributed by atoms with E-state index in [1.165, 1.54) is 4.90 Å². The zero-order valence-electron chi connectivity index (χ0n) is 27.1. The fourth-order valence-electron chi connectivity index (χ4n) is 5.11. The highest BCUT2D eigenvalue weighted by atomic mass is 32.2. The molecule has 0 saturated heterocycles. The zero-order chi connectivity index (χ0) is 33.3. The van der Waals surface area contributed by atoms with Crippen molar-refractivity contribution in [2.45, 2.75) is 64.1 Å². The van der Waals surface area contributed by atoms with Gasteiger partial charge in [0.25, 0.3) is 10.0 Å². The van der Waals surface area contributed by atoms with Crippen LogP contribution < -0.4 is 14.4 Å². The summed E-state index contributed by atoms with van der Waals surface area (Å²) in [6.07, 6.45) is 0.956. The lowest BCUT2D eigenvalue weighted by Gasteiger charge is -2.34. The number of nitrogens with zero attached hydrogens (tertiary/aromatic N) is 2. The predicted molar refractivity (Wildman–Crippen MR) is 182 cm³/mol. The first-order chi connectivity index (χ1) is 22.0. The Morgan fingerprint density at radius 2 is 1.50 bits per heavy atom. The van der Waals surface area contributed by atoms with Crippen LogP contribution in [0.4, 0.5) is 5.69 Å². The minimum atomic E-state index is -4.16. The Balaban J connectivity index is 1.82. The number of aryl methyl sites for hydroxylation is 2. The SMILES string of the molecule is CC[C@@H](C)NC(=O)[C@H](Cc1ccccc1)N(Cc1cccc(OC)c1)C(=O)CN(c1cccc(C)c1)S(=O)(=O)c1ccc(C)cc1. The van der Waals surface area contributed by atoms with Crippen LogP contribution in [0.5, 0.6) is 5.75 Å². The topological polar surface area (TPSA) is 96.0 Å². The summed E-state index contributed by atoms with van der Waals surface area (Å²) in [5, 5.41) is 3.06. The number of amides is 2. The number of hydrogen-bond acceptors (Lipinski definition) is 5. The van der Waals surface area contributed by atoms with Gasteiger partial charge in [-0.05, 0) is 80.3 Å². The number of benzene rings is 4. The molecule has 0 aliphatic carbocycles. The second-order valence-corrected chi connectivity index (χ2v) is 13.4. The highest BCUT2D eigenvalue weighted by Crippen LogP contribution is 2.26. The standard InChI is InChI=1S/C37H43N3O5S/c1-6-29(4)38-37(42)35(24-30-13-8-7-9-14-30)39(25-31-15-11-17-33(23-31)45-5)36(41)26-40(32-16-10-12-28(3)22-32)46(43,44)34-20-18-27(2)19-21-34/h7-23,29,35H,6,24-26H2,1-5H3,(H,38,42)/t29-,35+/m1/s1. The lowest BCUT2D eigenvalue weighted by Crippen LogP contribution is -2.54. The molecule has 0 radical (unpaired) electrons. The molecular formula is C37H43N3O5S. The molecule has 0 spiro atoms. The number of rotatable bonds is 14. The number of hydrogen-bond donors (Lipinski definition) is 1. The average molecular weight is 642 g/mol. The Labute approximate surface area is 273 Å². The van der Waals surface area contributed by atoms with E-state index >= 15 is 0 Å². The molecule has 242 valence electrons. The van der Waals surface area contributed by atoms with Gasteiger partial charge in [0.15, 0.2) is 0 Å². The van der Waals surface area contributed by atoms with Gasteiger partial charge in [0, 0.05) is 19.0 Å². The maximum atomic E-state index is 14.6. The number of nitrogens with one attached hydrogen (secondary N) is 1. The first-order valence-electron chi connectivity index (χ1n) is 15.4. The Bertz CT molecular complexity index is 1730. The van der Waals surface area contributed by atoms with Crippen LogP contribution in [0.2, 0.25) is 0 Å². The molecular weight excluding hydrogens is 598 g/mol. The van der Waals surface area contributed by atoms with E-state index in [2.05, 4.69) is 5.32 Å². The maximum Gasteiger partial charge on any atom is 0.264 e. The lowest BCUT2D eigenvalue weighted by molar-refractivity contribution is -0.140. The molecule has 0 saturated carbocycles. The normalized spacial score (nSPS) is 12.5. The summed E-state index contributed by atoms with van der Waals surface area (Å²) in [4.78, 5) is 30.1. The molecule has 4 rings (SSSR count). The van der Waals surface area contributed by atoms with E-state index in [9.17, 15) is 18.0 Å². The van der Waals surface area contributed by atoms with Crippen LogP contribution >= 0.6 is 0 Å². The number of sulfonamides is 1. The van der Waals surface area contributed by atoms with Crippen molar-refractivity contribution in [2.75, 3.05) is 18.0 Å². The molecule has 4 aromatic carbocycles. The highest BCUT2D eigenvalue weighted by molar-refractivity contribution is 7.92. The molecule has 8 nitrogen and oxygen atoms in total. The molecule has 0 unspecified atom stereocenters. The molecule has 2 amide bonds. The van der Waals surface area contributed by atoms with E-state index < -0.39 is 28.5 Å². The Morgan fingerprint density at radius 3 is 2.15 bits per heavy atom. The minimum absolute atomic E-state index is 0.0632. The van der Waals surface area contributed by atoms with Gasteiger partial charge in [-0.2, -0.15) is 0 Å². The lowest BCUT2D eigenvalue weighted by atomic mass is 10.0. The van der Waals surface area contributed by atoms with E-state index in [0.29, 0.717) is 17.9 Å². The van der Waals surface area contributed by atoms with Crippen molar-refractivity contribution >= 4 is 27.5 Å². The van der Waals surface area contributed by atoms with Crippen LogP contribution in [0.15, 0.2) is 108 Å². The monoisotopic (exact) mass is 641 g/mol. The molecule has 46 heavy (non-hydrogen) atoms. The summed E-state index contributed by atoms with van der Waals surface area (Å²) in [7, 11) is -2.60. The van der Waals surface area contributed by atoms with Gasteiger partial charge >= 0.3 is 0 Å². The fourth-order valence-corrected chi connectivity index (χ4v) is 6.52. The van der Waals surface area contributed by atoms with E-state index in [0.717, 1.165) is 26.6 Å². The molecule has 0 aromatic heterocycles. The molecule has 9 heteroatoms. The van der Waals surface area contributed by atoms with Crippen LogP contribution in [0.3, 0.4) is 0 Å². The summed E-state index contributed by atoms with van der Waals surface area (Å²) in [6.45, 7) is 7.20. The number of carbonyl (C=O) groups is 2. The van der Waals surface area contributed by atoms with E-state index in [4.69, 9.17) is 4.74 Å². The minimum Gasteiger partial charge on any atom is -0.497 e. The summed E-state index contributed by atoms with van der Waals surface area (Å²) in [6, 6.07) is 29.4. The maximum absolute atomic E-state index is 14.6. The summed E-state index contributed by atoms with van der Waals surface area (Å²) >= 11 is 0. The van der Waals surface area contributed by atoms with Gasteiger partial charge in [-0.3, -0.25) is 13.9 Å². The van der Waals surface area contributed by atoms with Crippen LogP contribution in [-0.2, 0) is 32.6 Å². The molecule has 1 N–H and O–H groups in total. The smallest absolute Gasteiger partial charge is 0.264 e. The van der Waals surface area contributed by atoms with E-state index in [-0.39, 0.29) is 29.8 Å². The second kappa shape index (κ2) is 15.6. The zero-order valence-corrected chi connectivity index (χ0v) is 28.0. The number of methoxy groups -OCH3 is 1. The molecule has 0 bridgehead atoms. The van der Waals surface area contributed by atoms with E-state index in [1.807, 2.05) is 82.3 Å². The third kappa shape index (κ3) is 8.75. The number of carbonyl (C=O) groups excluding carboxylic acids is 2. The third-order valence-corrected chi connectivity index (χ3v) is 9.72. The first kappa shape index (κ1) is 34.2. The van der Waals surface area contributed by atoms with Crippen molar-refractivity contribution in [3.05, 3.63) is 125 Å². The average Bonchev–Trinajstić information content (AvgIpc) is 3.05. The Morgan fingerprint density at radius 1 is 0.826 bits per heavy atom. The Kier molecular flexibility index (Phi) is 11.6. The van der Waals surface area contributed by atoms with Gasteiger partial charge in [-0.1, -0.05) is 79.2 Å². The molecule has 4 aromatic rings. The molecule has 0 heterocycles. The predicted octanol–water partition coefficient (Wildman–Crippen LogP) is 6.06.